The lowest BCUT2D eigenvalue weighted by atomic mass is 9.61. The highest BCUT2D eigenvalue weighted by molar-refractivity contribution is 5.74. The molecule has 5 aliphatic rings. The van der Waals surface area contributed by atoms with E-state index in [-0.39, 0.29) is 29.3 Å². The van der Waals surface area contributed by atoms with Gasteiger partial charge in [-0.3, -0.25) is 4.79 Å². The minimum absolute atomic E-state index is 0.180. The van der Waals surface area contributed by atoms with Gasteiger partial charge in [0.15, 0.2) is 5.82 Å². The molecule has 2 aromatic heterocycles. The number of halogens is 2. The fourth-order valence-corrected chi connectivity index (χ4v) is 6.66. The second-order valence-electron chi connectivity index (χ2n) is 10.8. The lowest BCUT2D eigenvalue weighted by Crippen LogP contribution is -2.51. The van der Waals surface area contributed by atoms with Gasteiger partial charge in [0, 0.05) is 47.6 Å². The summed E-state index contributed by atoms with van der Waals surface area (Å²) in [5, 5.41) is 14.3. The molecule has 186 valence electrons. The molecule has 7 nitrogen and oxygen atoms in total. The minimum Gasteiger partial charge on any atom is -0.481 e. The molecule has 2 bridgehead atoms. The fourth-order valence-electron chi connectivity index (χ4n) is 6.66. The Morgan fingerprint density at radius 2 is 1.91 bits per heavy atom. The largest absolute Gasteiger partial charge is 0.481 e. The number of carboxylic acid groups (broad SMARTS) is 1. The van der Waals surface area contributed by atoms with Gasteiger partial charge in [0.2, 0.25) is 0 Å². The average molecular weight is 484 g/mol. The Hall–Kier alpha value is -2.97. The van der Waals surface area contributed by atoms with Gasteiger partial charge in [-0.25, -0.2) is 18.7 Å². The van der Waals surface area contributed by atoms with Crippen molar-refractivity contribution in [2.24, 2.45) is 23.7 Å². The number of hydrogen-bond donors (Lipinski definition) is 3. The van der Waals surface area contributed by atoms with Crippen molar-refractivity contribution in [3.63, 3.8) is 0 Å². The third-order valence-corrected chi connectivity index (χ3v) is 8.89. The number of carboxylic acids is 1. The summed E-state index contributed by atoms with van der Waals surface area (Å²) >= 11 is 0. The summed E-state index contributed by atoms with van der Waals surface area (Å²) in [4.78, 5) is 27.0. The van der Waals surface area contributed by atoms with E-state index < -0.39 is 29.8 Å². The number of fused-ring (bicyclic) bond motifs is 5. The Balaban J connectivity index is 1.48. The molecular formula is C26H31F2N5O2. The summed E-state index contributed by atoms with van der Waals surface area (Å²) in [5.41, 5.74) is 1.51. The number of rotatable bonds is 4. The van der Waals surface area contributed by atoms with Crippen LogP contribution in [0.1, 0.15) is 45.1 Å². The van der Waals surface area contributed by atoms with E-state index in [4.69, 9.17) is 9.97 Å². The molecule has 5 unspecified atom stereocenters. The van der Waals surface area contributed by atoms with Crippen molar-refractivity contribution in [1.29, 1.82) is 0 Å². The summed E-state index contributed by atoms with van der Waals surface area (Å²) in [5.74, 6) is -0.276. The van der Waals surface area contributed by atoms with Gasteiger partial charge in [-0.1, -0.05) is 6.92 Å². The van der Waals surface area contributed by atoms with Crippen LogP contribution in [0.4, 0.5) is 20.4 Å². The number of nitrogens with one attached hydrogen (secondary N) is 2. The molecule has 3 N–H and O–H groups in total. The molecule has 0 saturated heterocycles. The highest BCUT2D eigenvalue weighted by atomic mass is 19.1. The van der Waals surface area contributed by atoms with Crippen molar-refractivity contribution in [3.05, 3.63) is 22.3 Å². The second kappa shape index (κ2) is 8.03. The molecule has 0 spiro atoms. The second-order valence-corrected chi connectivity index (χ2v) is 10.8. The smallest absolute Gasteiger partial charge is 0.308 e. The number of aliphatic carboxylic acids is 1. The maximum atomic E-state index is 14.8. The Bertz CT molecular complexity index is 1320. The number of H-pyrrole nitrogens is 1. The summed E-state index contributed by atoms with van der Waals surface area (Å²) in [6.45, 7) is 3.64. The molecule has 1 aliphatic heterocycles. The first-order valence-corrected chi connectivity index (χ1v) is 12.6. The zero-order valence-corrected chi connectivity index (χ0v) is 20.2. The number of aromatic nitrogens is 3. The molecule has 2 aromatic rings. The van der Waals surface area contributed by atoms with Gasteiger partial charge in [0.05, 0.1) is 11.3 Å². The number of carbonyl (C=O) groups is 1. The van der Waals surface area contributed by atoms with E-state index >= 15 is 0 Å². The molecule has 0 radical (unpaired) electrons. The fraction of sp³-hybridized carbons (Fsp3) is 0.577. The average Bonchev–Trinajstić information content (AvgIpc) is 3.39. The molecule has 0 amide bonds. The Morgan fingerprint density at radius 1 is 1.20 bits per heavy atom. The Kier molecular flexibility index (Phi) is 5.16. The van der Waals surface area contributed by atoms with E-state index in [0.29, 0.717) is 22.4 Å². The zero-order chi connectivity index (χ0) is 24.6. The molecular weight excluding hydrogens is 452 g/mol. The van der Waals surface area contributed by atoms with Crippen LogP contribution < -0.4 is 20.8 Å². The molecule has 3 heterocycles. The minimum atomic E-state index is -1.43. The standard InChI is InChI=1S/C26H31F2N5O2/c1-11-8-16-23(30-21-14-6-4-13(5-7-14)19(21)26(34)35)31-24(32-25(16)33(11)3)17-10-29-22-15(17)9-18(27)12(2)20(22)28/h9-14,18-19,21,29H,4-8H2,1-3H3,(H,34,35)(H,30,31,32). The van der Waals surface area contributed by atoms with Crippen molar-refractivity contribution < 1.29 is 18.7 Å². The van der Waals surface area contributed by atoms with Gasteiger partial charge in [0.1, 0.15) is 23.6 Å². The molecule has 5 atom stereocenters. The molecule has 9 heteroatoms. The van der Waals surface area contributed by atoms with E-state index in [2.05, 4.69) is 22.1 Å². The Morgan fingerprint density at radius 3 is 2.63 bits per heavy atom. The van der Waals surface area contributed by atoms with E-state index in [1.165, 1.54) is 13.0 Å². The summed E-state index contributed by atoms with van der Waals surface area (Å²) in [7, 11) is 1.98. The SMILES string of the molecule is CC1C(F)=c2[nH]cc(-c3nc(NC4C5CCC(CC5)C4C(=O)O)c4c(n3)N(C)C(C)C4)c2=CC1F. The van der Waals surface area contributed by atoms with Crippen molar-refractivity contribution >= 4 is 29.5 Å². The number of hydrogen-bond acceptors (Lipinski definition) is 5. The van der Waals surface area contributed by atoms with Crippen LogP contribution >= 0.6 is 0 Å². The highest BCUT2D eigenvalue weighted by Gasteiger charge is 2.48. The van der Waals surface area contributed by atoms with E-state index in [1.807, 2.05) is 7.05 Å². The van der Waals surface area contributed by atoms with E-state index in [9.17, 15) is 18.7 Å². The predicted molar refractivity (Wildman–Crippen MR) is 130 cm³/mol. The predicted octanol–water partition coefficient (Wildman–Crippen LogP) is 3.00. The summed E-state index contributed by atoms with van der Waals surface area (Å²) < 4.78 is 29.3. The van der Waals surface area contributed by atoms with Crippen LogP contribution in [-0.4, -0.2) is 51.3 Å². The van der Waals surface area contributed by atoms with Crippen LogP contribution in [0, 0.1) is 23.7 Å². The van der Waals surface area contributed by atoms with Gasteiger partial charge in [-0.15, -0.1) is 0 Å². The highest BCUT2D eigenvalue weighted by Crippen LogP contribution is 2.47. The first-order valence-electron chi connectivity index (χ1n) is 12.6. The first-order chi connectivity index (χ1) is 16.7. The topological polar surface area (TPSA) is 94.1 Å². The monoisotopic (exact) mass is 483 g/mol. The molecule has 35 heavy (non-hydrogen) atoms. The quantitative estimate of drug-likeness (QED) is 0.619. The molecule has 4 aliphatic carbocycles. The third kappa shape index (κ3) is 3.37. The third-order valence-electron chi connectivity index (χ3n) is 8.89. The maximum absolute atomic E-state index is 14.8. The van der Waals surface area contributed by atoms with Crippen LogP contribution in [0.5, 0.6) is 0 Å². The van der Waals surface area contributed by atoms with E-state index in [0.717, 1.165) is 43.5 Å². The van der Waals surface area contributed by atoms with Crippen molar-refractivity contribution in [2.75, 3.05) is 17.3 Å². The summed E-state index contributed by atoms with van der Waals surface area (Å²) in [6, 6.07) is 0.0170. The van der Waals surface area contributed by atoms with Gasteiger partial charge < -0.3 is 20.3 Å². The normalized spacial score (nSPS) is 33.3. The van der Waals surface area contributed by atoms with E-state index in [1.54, 1.807) is 6.20 Å². The van der Waals surface area contributed by atoms with Gasteiger partial charge in [-0.2, -0.15) is 0 Å². The number of nitrogens with zero attached hydrogens (tertiary/aromatic N) is 3. The molecule has 3 saturated carbocycles. The van der Waals surface area contributed by atoms with Crippen LogP contribution in [0.15, 0.2) is 6.20 Å². The number of likely N-dealkylation sites (N-methyl/N-ethyl adjacent to an activating group) is 1. The van der Waals surface area contributed by atoms with Gasteiger partial charge in [0.25, 0.3) is 0 Å². The van der Waals surface area contributed by atoms with Crippen molar-refractivity contribution in [1.82, 2.24) is 15.0 Å². The molecule has 3 fully saturated rings. The van der Waals surface area contributed by atoms with Crippen LogP contribution in [0.3, 0.4) is 0 Å². The van der Waals surface area contributed by atoms with Crippen molar-refractivity contribution in [3.8, 4) is 11.4 Å². The van der Waals surface area contributed by atoms with Crippen LogP contribution in [0.25, 0.3) is 23.3 Å². The maximum Gasteiger partial charge on any atom is 0.308 e. The first kappa shape index (κ1) is 22.5. The van der Waals surface area contributed by atoms with Gasteiger partial charge >= 0.3 is 5.97 Å². The molecule has 7 rings (SSSR count). The zero-order valence-electron chi connectivity index (χ0n) is 20.2. The van der Waals surface area contributed by atoms with Gasteiger partial charge in [-0.05, 0) is 56.9 Å². The Labute approximate surface area is 202 Å². The van der Waals surface area contributed by atoms with Crippen molar-refractivity contribution in [2.45, 2.75) is 64.2 Å². The number of anilines is 2. The summed E-state index contributed by atoms with van der Waals surface area (Å²) in [6.07, 6.45) is 6.36. The number of aromatic amines is 1. The lowest BCUT2D eigenvalue weighted by Gasteiger charge is -2.47. The van der Waals surface area contributed by atoms with Crippen LogP contribution in [-0.2, 0) is 11.2 Å². The molecule has 0 aromatic carbocycles. The number of alkyl halides is 1. The van der Waals surface area contributed by atoms with Crippen LogP contribution in [0.2, 0.25) is 0 Å². The lowest BCUT2D eigenvalue weighted by molar-refractivity contribution is -0.148.